The van der Waals surface area contributed by atoms with Gasteiger partial charge in [-0.25, -0.2) is 0 Å². The van der Waals surface area contributed by atoms with Crippen LogP contribution < -0.4 is 15.8 Å². The third kappa shape index (κ3) is 5.25. The van der Waals surface area contributed by atoms with Gasteiger partial charge in [-0.3, -0.25) is 14.4 Å². The van der Waals surface area contributed by atoms with Crippen LogP contribution in [0.2, 0.25) is 0 Å². The van der Waals surface area contributed by atoms with Gasteiger partial charge in [-0.05, 0) is 62.9 Å². The lowest BCUT2D eigenvalue weighted by Gasteiger charge is -2.35. The number of anilines is 1. The van der Waals surface area contributed by atoms with E-state index in [2.05, 4.69) is 26.2 Å². The van der Waals surface area contributed by atoms with Crippen LogP contribution in [0, 0.1) is 20.8 Å². The summed E-state index contributed by atoms with van der Waals surface area (Å²) in [5, 5.41) is 2.86. The molecule has 7 nitrogen and oxygen atoms in total. The molecule has 166 valence electrons. The van der Waals surface area contributed by atoms with Crippen molar-refractivity contribution in [2.45, 2.75) is 53.1 Å². The fourth-order valence-electron chi connectivity index (χ4n) is 4.08. The van der Waals surface area contributed by atoms with Gasteiger partial charge in [0, 0.05) is 59.7 Å². The van der Waals surface area contributed by atoms with Crippen molar-refractivity contribution in [1.29, 1.82) is 0 Å². The maximum Gasteiger partial charge on any atom is 0.253 e. The van der Waals surface area contributed by atoms with E-state index in [-0.39, 0.29) is 30.0 Å². The van der Waals surface area contributed by atoms with Gasteiger partial charge in [0.05, 0.1) is 0 Å². The Labute approximate surface area is 190 Å². The Kier molecular flexibility index (Phi) is 7.33. The fraction of sp³-hybridized carbons (Fsp3) is 0.435. The minimum Gasteiger partial charge on any atom is -0.381 e. The second kappa shape index (κ2) is 9.78. The van der Waals surface area contributed by atoms with Crippen molar-refractivity contribution in [3.63, 3.8) is 0 Å². The molecule has 2 aromatic rings. The number of carbonyl (C=O) groups is 2. The summed E-state index contributed by atoms with van der Waals surface area (Å²) < 4.78 is 6.15. The van der Waals surface area contributed by atoms with Crippen molar-refractivity contribution in [3.8, 4) is 0 Å². The largest absolute Gasteiger partial charge is 0.381 e. The van der Waals surface area contributed by atoms with Gasteiger partial charge >= 0.3 is 0 Å². The van der Waals surface area contributed by atoms with Gasteiger partial charge in [0.1, 0.15) is 0 Å². The highest BCUT2D eigenvalue weighted by atomic mass is 79.9. The molecule has 2 N–H and O–H groups in total. The predicted octanol–water partition coefficient (Wildman–Crippen LogP) is 3.52. The molecule has 2 heterocycles. The van der Waals surface area contributed by atoms with Crippen LogP contribution in [0.15, 0.2) is 27.5 Å². The van der Waals surface area contributed by atoms with Crippen LogP contribution in [0.1, 0.15) is 52.5 Å². The first kappa shape index (κ1) is 23.2. The molecule has 0 atom stereocenters. The van der Waals surface area contributed by atoms with Gasteiger partial charge in [0.15, 0.2) is 0 Å². The number of benzene rings is 1. The topological polar surface area (TPSA) is 91.5 Å². The number of pyridine rings is 1. The Morgan fingerprint density at radius 3 is 2.48 bits per heavy atom. The highest BCUT2D eigenvalue weighted by Crippen LogP contribution is 2.32. The molecule has 0 bridgehead atoms. The third-order valence-electron chi connectivity index (χ3n) is 5.66. The molecule has 2 amide bonds. The van der Waals surface area contributed by atoms with E-state index in [0.29, 0.717) is 34.5 Å². The van der Waals surface area contributed by atoms with Crippen LogP contribution >= 0.6 is 15.9 Å². The number of hydrogen-bond acceptors (Lipinski definition) is 4. The molecular formula is C23H28BrN3O4. The molecular weight excluding hydrogens is 462 g/mol. The number of nitrogens with one attached hydrogen (secondary N) is 2. The second-order valence-electron chi connectivity index (χ2n) is 7.96. The van der Waals surface area contributed by atoms with Gasteiger partial charge in [0.25, 0.3) is 11.5 Å². The van der Waals surface area contributed by atoms with Crippen molar-refractivity contribution in [1.82, 2.24) is 10.3 Å². The van der Waals surface area contributed by atoms with Crippen molar-refractivity contribution >= 4 is 33.4 Å². The molecule has 0 radical (unpaired) electrons. The van der Waals surface area contributed by atoms with Gasteiger partial charge in [-0.1, -0.05) is 15.9 Å². The van der Waals surface area contributed by atoms with Crippen molar-refractivity contribution < 1.29 is 14.3 Å². The first-order chi connectivity index (χ1) is 14.7. The molecule has 0 saturated carbocycles. The molecule has 0 unspecified atom stereocenters. The monoisotopic (exact) mass is 489 g/mol. The summed E-state index contributed by atoms with van der Waals surface area (Å²) in [5.74, 6) is -0.365. The van der Waals surface area contributed by atoms with Crippen molar-refractivity contribution in [2.24, 2.45) is 0 Å². The maximum absolute atomic E-state index is 13.0. The number of ether oxygens (including phenoxy) is 1. The normalized spacial score (nSPS) is 14.4. The zero-order chi connectivity index (χ0) is 22.7. The smallest absolute Gasteiger partial charge is 0.253 e. The Morgan fingerprint density at radius 2 is 1.87 bits per heavy atom. The molecule has 31 heavy (non-hydrogen) atoms. The molecule has 1 aliphatic heterocycles. The number of H-pyrrole nitrogens is 1. The summed E-state index contributed by atoms with van der Waals surface area (Å²) in [4.78, 5) is 42.4. The number of carbonyl (C=O) groups excluding carboxylic acids is 2. The van der Waals surface area contributed by atoms with E-state index in [1.807, 2.05) is 32.9 Å². The summed E-state index contributed by atoms with van der Waals surface area (Å²) >= 11 is 3.49. The average Bonchev–Trinajstić information content (AvgIpc) is 2.70. The number of nitrogens with zero attached hydrogens (tertiary/aromatic N) is 1. The zero-order valence-electron chi connectivity index (χ0n) is 18.3. The lowest BCUT2D eigenvalue weighted by atomic mass is 10.0. The number of aromatic nitrogens is 1. The Hall–Kier alpha value is -2.45. The Morgan fingerprint density at radius 1 is 1.19 bits per heavy atom. The van der Waals surface area contributed by atoms with E-state index in [9.17, 15) is 14.4 Å². The highest BCUT2D eigenvalue weighted by Gasteiger charge is 2.28. The summed E-state index contributed by atoms with van der Waals surface area (Å²) in [6.07, 6.45) is 1.51. The quantitative estimate of drug-likeness (QED) is 0.671. The summed E-state index contributed by atoms with van der Waals surface area (Å²) in [5.41, 5.74) is 3.83. The predicted molar refractivity (Wildman–Crippen MR) is 124 cm³/mol. The van der Waals surface area contributed by atoms with Crippen LogP contribution in [0.3, 0.4) is 0 Å². The van der Waals surface area contributed by atoms with E-state index in [4.69, 9.17) is 4.74 Å². The summed E-state index contributed by atoms with van der Waals surface area (Å²) in [6.45, 7) is 8.40. The van der Waals surface area contributed by atoms with Crippen LogP contribution in [0.5, 0.6) is 0 Å². The number of aryl methyl sites for hydroxylation is 2. The number of rotatable bonds is 5. The molecule has 1 aromatic heterocycles. The lowest BCUT2D eigenvalue weighted by molar-refractivity contribution is -0.117. The zero-order valence-corrected chi connectivity index (χ0v) is 19.9. The standard InChI is InChI=1S/C23H28BrN3O4/c1-13-9-14(2)26-23(30)20(13)12-25-22(29)19-10-17(24)11-21(15(19)3)27(16(4)28)18-5-7-31-8-6-18/h9-11,18H,5-8,12H2,1-4H3,(H,25,29)(H,26,30). The second-order valence-corrected chi connectivity index (χ2v) is 8.87. The summed E-state index contributed by atoms with van der Waals surface area (Å²) in [7, 11) is 0. The van der Waals surface area contributed by atoms with Gasteiger partial charge in [0.2, 0.25) is 5.91 Å². The Bertz CT molecular complexity index is 1060. The molecule has 8 heteroatoms. The van der Waals surface area contributed by atoms with E-state index < -0.39 is 0 Å². The van der Waals surface area contributed by atoms with Gasteiger partial charge < -0.3 is 19.9 Å². The maximum atomic E-state index is 13.0. The minimum atomic E-state index is -0.296. The van der Waals surface area contributed by atoms with Crippen LogP contribution in [0.4, 0.5) is 5.69 Å². The SMILES string of the molecule is CC(=O)N(c1cc(Br)cc(C(=O)NCc2c(C)cc(C)[nH]c2=O)c1C)C1CCOCC1. The van der Waals surface area contributed by atoms with Gasteiger partial charge in [-0.15, -0.1) is 0 Å². The highest BCUT2D eigenvalue weighted by molar-refractivity contribution is 9.10. The van der Waals surface area contributed by atoms with E-state index >= 15 is 0 Å². The number of aromatic amines is 1. The molecule has 1 fully saturated rings. The average molecular weight is 490 g/mol. The first-order valence-electron chi connectivity index (χ1n) is 10.3. The minimum absolute atomic E-state index is 0.0314. The van der Waals surface area contributed by atoms with Crippen molar-refractivity contribution in [2.75, 3.05) is 18.1 Å². The lowest BCUT2D eigenvalue weighted by Crippen LogP contribution is -2.43. The molecule has 0 spiro atoms. The van der Waals surface area contributed by atoms with Crippen LogP contribution in [-0.4, -0.2) is 36.1 Å². The third-order valence-corrected chi connectivity index (χ3v) is 6.12. The molecule has 1 aliphatic rings. The van der Waals surface area contributed by atoms with Gasteiger partial charge in [-0.2, -0.15) is 0 Å². The van der Waals surface area contributed by atoms with E-state index in [1.165, 1.54) is 0 Å². The van der Waals surface area contributed by atoms with Crippen LogP contribution in [-0.2, 0) is 16.1 Å². The molecule has 3 rings (SSSR count). The number of halogens is 1. The first-order valence-corrected chi connectivity index (χ1v) is 11.1. The number of hydrogen-bond donors (Lipinski definition) is 2. The Balaban J connectivity index is 1.90. The number of amides is 2. The molecule has 1 aromatic carbocycles. The van der Waals surface area contributed by atoms with E-state index in [1.54, 1.807) is 17.9 Å². The molecule has 0 aliphatic carbocycles. The molecule has 1 saturated heterocycles. The summed E-state index contributed by atoms with van der Waals surface area (Å²) in [6, 6.07) is 5.52. The fourth-order valence-corrected chi connectivity index (χ4v) is 4.53. The van der Waals surface area contributed by atoms with Crippen LogP contribution in [0.25, 0.3) is 0 Å². The van der Waals surface area contributed by atoms with Crippen molar-refractivity contribution in [3.05, 3.63) is 61.0 Å². The van der Waals surface area contributed by atoms with E-state index in [0.717, 1.165) is 29.7 Å².